The molecule has 1 unspecified atom stereocenters. The zero-order valence-electron chi connectivity index (χ0n) is 19.6. The van der Waals surface area contributed by atoms with Crippen molar-refractivity contribution >= 4 is 13.7 Å². The van der Waals surface area contributed by atoms with Crippen LogP contribution in [0.1, 0.15) is 71.8 Å². The van der Waals surface area contributed by atoms with Crippen LogP contribution in [0.15, 0.2) is 30.3 Å². The normalized spacial score (nSPS) is 31.7. The van der Waals surface area contributed by atoms with Crippen molar-refractivity contribution < 1.29 is 23.2 Å². The Labute approximate surface area is 191 Å². The fourth-order valence-electron chi connectivity index (χ4n) is 5.91. The van der Waals surface area contributed by atoms with Crippen molar-refractivity contribution in [3.63, 3.8) is 0 Å². The molecule has 1 amide bonds. The average molecular weight is 465 g/mol. The first kappa shape index (κ1) is 23.7. The minimum atomic E-state index is -3.74. The molecule has 8 heteroatoms. The molecule has 0 saturated heterocycles. The molecule has 4 aliphatic carbocycles. The first-order valence-corrected chi connectivity index (χ1v) is 13.4. The number of rotatable bonds is 8. The van der Waals surface area contributed by atoms with Gasteiger partial charge in [-0.15, -0.1) is 0 Å². The largest absolute Gasteiger partial charge is 0.444 e. The van der Waals surface area contributed by atoms with E-state index >= 15 is 0 Å². The van der Waals surface area contributed by atoms with E-state index in [1.54, 1.807) is 27.7 Å². The molecule has 0 spiro atoms. The van der Waals surface area contributed by atoms with Gasteiger partial charge in [-0.3, -0.25) is 4.57 Å². The van der Waals surface area contributed by atoms with Gasteiger partial charge in [0, 0.05) is 5.54 Å². The van der Waals surface area contributed by atoms with Gasteiger partial charge in [0.2, 0.25) is 0 Å². The molecular weight excluding hydrogens is 427 g/mol. The Morgan fingerprint density at radius 3 is 2.19 bits per heavy atom. The standard InChI is InChI=1S/C24H37N2O5P/c1-17(25-22(27)30-23(2,3)4)32(28,29-16-18-8-6-5-7-9-18)31-26-24-13-19-10-20(14-24)12-21(11-19)15-24/h5-9,17,19-21,26H,10-16H2,1-4H3,(H,25,27)/t17-,19?,20?,21?,24?,32?/m1/s1. The Bertz CT molecular complexity index is 818. The molecule has 0 heterocycles. The summed E-state index contributed by atoms with van der Waals surface area (Å²) in [6.45, 7) is 7.12. The summed E-state index contributed by atoms with van der Waals surface area (Å²) < 4.78 is 31.1. The third-order valence-electron chi connectivity index (χ3n) is 6.88. The van der Waals surface area contributed by atoms with Crippen LogP contribution in [-0.2, 0) is 25.1 Å². The van der Waals surface area contributed by atoms with Crippen molar-refractivity contribution in [2.45, 2.75) is 89.7 Å². The van der Waals surface area contributed by atoms with Gasteiger partial charge in [-0.2, -0.15) is 5.48 Å². The summed E-state index contributed by atoms with van der Waals surface area (Å²) in [4.78, 5) is 12.3. The van der Waals surface area contributed by atoms with Crippen LogP contribution < -0.4 is 10.8 Å². The number of hydrogen-bond acceptors (Lipinski definition) is 6. The fourth-order valence-corrected chi connectivity index (χ4v) is 7.26. The zero-order valence-corrected chi connectivity index (χ0v) is 20.5. The molecule has 1 aromatic carbocycles. The predicted octanol–water partition coefficient (Wildman–Crippen LogP) is 5.76. The van der Waals surface area contributed by atoms with Gasteiger partial charge in [0.25, 0.3) is 0 Å². The molecule has 1 aromatic rings. The summed E-state index contributed by atoms with van der Waals surface area (Å²) >= 11 is 0. The van der Waals surface area contributed by atoms with Gasteiger partial charge in [0.1, 0.15) is 11.4 Å². The summed E-state index contributed by atoms with van der Waals surface area (Å²) in [5.41, 5.74) is 3.31. The van der Waals surface area contributed by atoms with Crippen LogP contribution in [0.3, 0.4) is 0 Å². The molecule has 5 rings (SSSR count). The van der Waals surface area contributed by atoms with Crippen LogP contribution >= 0.6 is 7.60 Å². The summed E-state index contributed by atoms with van der Waals surface area (Å²) in [7, 11) is -3.74. The molecule has 4 saturated carbocycles. The maximum Gasteiger partial charge on any atom is 0.408 e. The van der Waals surface area contributed by atoms with Crippen molar-refractivity contribution in [1.29, 1.82) is 0 Å². The van der Waals surface area contributed by atoms with E-state index in [0.717, 1.165) is 42.6 Å². The molecule has 0 aromatic heterocycles. The number of hydroxylamine groups is 1. The van der Waals surface area contributed by atoms with Crippen LogP contribution in [0.2, 0.25) is 0 Å². The number of carbonyl (C=O) groups excluding carboxylic acids is 1. The predicted molar refractivity (Wildman–Crippen MR) is 123 cm³/mol. The lowest BCUT2D eigenvalue weighted by Crippen LogP contribution is -2.58. The van der Waals surface area contributed by atoms with E-state index in [1.165, 1.54) is 19.3 Å². The van der Waals surface area contributed by atoms with Gasteiger partial charge in [-0.25, -0.2) is 9.42 Å². The van der Waals surface area contributed by atoms with Crippen LogP contribution in [0.4, 0.5) is 4.79 Å². The minimum absolute atomic E-state index is 0.126. The smallest absolute Gasteiger partial charge is 0.408 e. The van der Waals surface area contributed by atoms with Crippen molar-refractivity contribution in [1.82, 2.24) is 10.8 Å². The molecular formula is C24H37N2O5P. The van der Waals surface area contributed by atoms with E-state index in [0.29, 0.717) is 0 Å². The van der Waals surface area contributed by atoms with Crippen molar-refractivity contribution in [2.75, 3.05) is 0 Å². The number of amides is 1. The monoisotopic (exact) mass is 464 g/mol. The van der Waals surface area contributed by atoms with Gasteiger partial charge < -0.3 is 14.6 Å². The number of nitrogens with one attached hydrogen (secondary N) is 2. The molecule has 0 aliphatic heterocycles. The maximum absolute atomic E-state index is 13.9. The third-order valence-corrected chi connectivity index (χ3v) is 8.79. The molecule has 7 nitrogen and oxygen atoms in total. The highest BCUT2D eigenvalue weighted by Crippen LogP contribution is 2.58. The molecule has 4 aliphatic rings. The van der Waals surface area contributed by atoms with Crippen molar-refractivity contribution in [3.05, 3.63) is 35.9 Å². The molecule has 4 fully saturated rings. The SMILES string of the molecule is C[C@H](NC(=O)OC(C)(C)C)P(=O)(OCc1ccccc1)ONC12CC3CC(CC(C3)C1)C2. The first-order valence-electron chi connectivity index (χ1n) is 11.8. The topological polar surface area (TPSA) is 85.9 Å². The number of alkyl carbamates (subject to hydrolysis) is 1. The third kappa shape index (κ3) is 5.74. The Kier molecular flexibility index (Phi) is 6.75. The lowest BCUT2D eigenvalue weighted by atomic mass is 9.53. The average Bonchev–Trinajstić information content (AvgIpc) is 2.69. The van der Waals surface area contributed by atoms with Gasteiger partial charge in [0.15, 0.2) is 0 Å². The van der Waals surface area contributed by atoms with Gasteiger partial charge in [0.05, 0.1) is 6.61 Å². The Hall–Kier alpha value is -1.40. The summed E-state index contributed by atoms with van der Waals surface area (Å²) in [6.07, 6.45) is 6.41. The lowest BCUT2D eigenvalue weighted by Gasteiger charge is -2.56. The number of ether oxygens (including phenoxy) is 1. The minimum Gasteiger partial charge on any atom is -0.444 e. The quantitative estimate of drug-likeness (QED) is 0.376. The van der Waals surface area contributed by atoms with Gasteiger partial charge in [-0.05, 0) is 89.5 Å². The van der Waals surface area contributed by atoms with E-state index in [-0.39, 0.29) is 12.1 Å². The number of carbonyl (C=O) groups is 1. The molecule has 32 heavy (non-hydrogen) atoms. The van der Waals surface area contributed by atoms with E-state index in [2.05, 4.69) is 10.8 Å². The summed E-state index contributed by atoms with van der Waals surface area (Å²) in [5, 5.41) is 2.66. The van der Waals surface area contributed by atoms with Crippen LogP contribution in [0.5, 0.6) is 0 Å². The van der Waals surface area contributed by atoms with Crippen LogP contribution in [-0.4, -0.2) is 23.0 Å². The van der Waals surface area contributed by atoms with E-state index in [9.17, 15) is 9.36 Å². The Morgan fingerprint density at radius 2 is 1.66 bits per heavy atom. The zero-order chi connectivity index (χ0) is 23.0. The first-order chi connectivity index (χ1) is 15.0. The highest BCUT2D eigenvalue weighted by molar-refractivity contribution is 7.54. The highest BCUT2D eigenvalue weighted by atomic mass is 31.2. The second-order valence-electron chi connectivity index (χ2n) is 11.0. The number of hydrogen-bond donors (Lipinski definition) is 2. The van der Waals surface area contributed by atoms with Gasteiger partial charge >= 0.3 is 13.7 Å². The van der Waals surface area contributed by atoms with Crippen LogP contribution in [0.25, 0.3) is 0 Å². The van der Waals surface area contributed by atoms with Crippen molar-refractivity contribution in [2.24, 2.45) is 17.8 Å². The van der Waals surface area contributed by atoms with Crippen molar-refractivity contribution in [3.8, 4) is 0 Å². The lowest BCUT2D eigenvalue weighted by molar-refractivity contribution is -0.0739. The summed E-state index contributed by atoms with van der Waals surface area (Å²) in [5.74, 6) is 1.29. The number of benzene rings is 1. The van der Waals surface area contributed by atoms with Gasteiger partial charge in [-0.1, -0.05) is 30.3 Å². The van der Waals surface area contributed by atoms with E-state index < -0.39 is 25.1 Å². The maximum atomic E-state index is 13.9. The molecule has 178 valence electrons. The fraction of sp³-hybridized carbons (Fsp3) is 0.708. The van der Waals surface area contributed by atoms with Crippen LogP contribution in [0, 0.1) is 17.8 Å². The Morgan fingerprint density at radius 1 is 1.09 bits per heavy atom. The Balaban J connectivity index is 1.45. The van der Waals surface area contributed by atoms with E-state index in [4.69, 9.17) is 13.9 Å². The van der Waals surface area contributed by atoms with E-state index in [1.807, 2.05) is 30.3 Å². The summed E-state index contributed by atoms with van der Waals surface area (Å²) in [6, 6.07) is 9.54. The molecule has 2 N–H and O–H groups in total. The highest BCUT2D eigenvalue weighted by Gasteiger charge is 2.52. The second kappa shape index (κ2) is 9.09. The molecule has 4 bridgehead atoms. The molecule has 0 radical (unpaired) electrons. The second-order valence-corrected chi connectivity index (χ2v) is 13.3. The molecule has 2 atom stereocenters.